The van der Waals surface area contributed by atoms with Crippen LogP contribution in [0.5, 0.6) is 0 Å². The molecule has 5 aromatic rings. The molecular weight excluding hydrogens is 548 g/mol. The van der Waals surface area contributed by atoms with Gasteiger partial charge in [0.1, 0.15) is 11.3 Å². The molecule has 2 aromatic heterocycles. The number of aryl methyl sites for hydroxylation is 1. The third kappa shape index (κ3) is 3.83. The number of rotatable bonds is 3. The van der Waals surface area contributed by atoms with Crippen LogP contribution in [0.1, 0.15) is 61.5 Å². The third-order valence-corrected chi connectivity index (χ3v) is 10.9. The molecule has 3 heterocycles. The summed E-state index contributed by atoms with van der Waals surface area (Å²) >= 11 is 0. The average molecular weight is 585 g/mol. The van der Waals surface area contributed by atoms with Crippen molar-refractivity contribution in [2.75, 3.05) is 4.90 Å². The predicted molar refractivity (Wildman–Crippen MR) is 186 cm³/mol. The highest BCUT2D eigenvalue weighted by Crippen LogP contribution is 2.49. The Labute approximate surface area is 263 Å². The SMILES string of the molecule is C1=CCC(n2c3c(c4ccccc42)=CC(C2=CCC4C(=C2)c2ccccc2N4C2=Cc4c(oc5ccccc45)CC2)CC=3)CC1. The van der Waals surface area contributed by atoms with Crippen LogP contribution in [-0.4, -0.2) is 10.6 Å². The smallest absolute Gasteiger partial charge is 0.134 e. The van der Waals surface area contributed by atoms with E-state index in [0.29, 0.717) is 18.0 Å². The van der Waals surface area contributed by atoms with E-state index >= 15 is 0 Å². The van der Waals surface area contributed by atoms with Crippen molar-refractivity contribution in [2.45, 2.75) is 57.0 Å². The zero-order chi connectivity index (χ0) is 29.5. The first kappa shape index (κ1) is 25.6. The van der Waals surface area contributed by atoms with Crippen molar-refractivity contribution in [1.82, 2.24) is 4.57 Å². The van der Waals surface area contributed by atoms with E-state index in [1.54, 1.807) is 0 Å². The standard InChI is InChI=1S/C42H36N2O/c1-2-10-29(11-3-1)43-37-15-7-4-12-31(37)34-24-27(18-21-39(34)43)28-19-22-40-35(25-28)32-13-5-8-16-38(32)44(40)30-20-23-42-36(26-30)33-14-6-9-17-41(33)45-42/h1-2,4-9,12-17,19,21,24-27,29,40H,3,10-11,18,20,22-23H2. The first-order chi connectivity index (χ1) is 22.3. The van der Waals surface area contributed by atoms with Crippen molar-refractivity contribution in [3.05, 3.63) is 136 Å². The number of allylic oxidation sites excluding steroid dienone is 5. The summed E-state index contributed by atoms with van der Waals surface area (Å²) in [5.74, 6) is 1.52. The fourth-order valence-electron chi connectivity index (χ4n) is 8.89. The predicted octanol–water partition coefficient (Wildman–Crippen LogP) is 8.84. The molecule has 3 atom stereocenters. The highest BCUT2D eigenvalue weighted by molar-refractivity contribution is 5.95. The average Bonchev–Trinajstić information content (AvgIpc) is 3.75. The fraction of sp³-hybridized carbons (Fsp3) is 0.238. The molecule has 3 nitrogen and oxygen atoms in total. The number of para-hydroxylation sites is 3. The van der Waals surface area contributed by atoms with E-state index in [1.807, 2.05) is 0 Å². The second kappa shape index (κ2) is 9.87. The molecule has 1 aliphatic heterocycles. The number of aromatic nitrogens is 1. The van der Waals surface area contributed by atoms with E-state index in [4.69, 9.17) is 4.42 Å². The minimum Gasteiger partial charge on any atom is -0.460 e. The maximum Gasteiger partial charge on any atom is 0.134 e. The van der Waals surface area contributed by atoms with Crippen molar-refractivity contribution in [3.8, 4) is 0 Å². The first-order valence-electron chi connectivity index (χ1n) is 16.8. The van der Waals surface area contributed by atoms with Gasteiger partial charge in [0, 0.05) is 67.7 Å². The number of benzene rings is 3. The van der Waals surface area contributed by atoms with Gasteiger partial charge in [-0.15, -0.1) is 0 Å². The van der Waals surface area contributed by atoms with E-state index in [2.05, 4.69) is 125 Å². The van der Waals surface area contributed by atoms with Crippen molar-refractivity contribution >= 4 is 51.4 Å². The van der Waals surface area contributed by atoms with E-state index in [9.17, 15) is 0 Å². The fourth-order valence-corrected chi connectivity index (χ4v) is 8.89. The maximum absolute atomic E-state index is 6.25. The van der Waals surface area contributed by atoms with E-state index in [0.717, 1.165) is 43.4 Å². The summed E-state index contributed by atoms with van der Waals surface area (Å²) in [6.07, 6.45) is 24.9. The van der Waals surface area contributed by atoms with Crippen LogP contribution in [0.3, 0.4) is 0 Å². The van der Waals surface area contributed by atoms with E-state index < -0.39 is 0 Å². The van der Waals surface area contributed by atoms with E-state index in [-0.39, 0.29) is 0 Å². The largest absolute Gasteiger partial charge is 0.460 e. The summed E-state index contributed by atoms with van der Waals surface area (Å²) in [4.78, 5) is 2.64. The Morgan fingerprint density at radius 1 is 0.756 bits per heavy atom. The summed E-state index contributed by atoms with van der Waals surface area (Å²) in [5, 5.41) is 5.49. The lowest BCUT2D eigenvalue weighted by Crippen LogP contribution is -2.35. The van der Waals surface area contributed by atoms with Crippen molar-refractivity contribution in [1.29, 1.82) is 0 Å². The molecular formula is C42H36N2O. The van der Waals surface area contributed by atoms with Gasteiger partial charge in [-0.05, 0) is 73.9 Å². The highest BCUT2D eigenvalue weighted by Gasteiger charge is 2.38. The van der Waals surface area contributed by atoms with Crippen LogP contribution in [0.25, 0.3) is 45.7 Å². The summed E-state index contributed by atoms with van der Waals surface area (Å²) < 4.78 is 8.91. The third-order valence-electron chi connectivity index (χ3n) is 10.9. The van der Waals surface area contributed by atoms with Gasteiger partial charge in [-0.2, -0.15) is 0 Å². The zero-order valence-corrected chi connectivity index (χ0v) is 25.5. The van der Waals surface area contributed by atoms with Gasteiger partial charge < -0.3 is 13.9 Å². The first-order valence-corrected chi connectivity index (χ1v) is 16.8. The number of fused-ring (bicyclic) bond motifs is 9. The highest BCUT2D eigenvalue weighted by atomic mass is 16.3. The van der Waals surface area contributed by atoms with Crippen molar-refractivity contribution in [2.24, 2.45) is 5.92 Å². The number of hydrogen-bond acceptors (Lipinski definition) is 2. The molecule has 10 rings (SSSR count). The summed E-state index contributed by atoms with van der Waals surface area (Å²) in [5.41, 5.74) is 10.7. The second-order valence-corrected chi connectivity index (χ2v) is 13.4. The topological polar surface area (TPSA) is 21.3 Å². The molecule has 45 heavy (non-hydrogen) atoms. The molecule has 0 amide bonds. The van der Waals surface area contributed by atoms with Crippen LogP contribution >= 0.6 is 0 Å². The molecule has 220 valence electrons. The molecule has 0 saturated heterocycles. The molecule has 0 radical (unpaired) electrons. The molecule has 0 bridgehead atoms. The Balaban J connectivity index is 1.04. The van der Waals surface area contributed by atoms with Crippen LogP contribution in [0.2, 0.25) is 0 Å². The number of furan rings is 1. The monoisotopic (exact) mass is 584 g/mol. The van der Waals surface area contributed by atoms with Crippen LogP contribution < -0.4 is 15.5 Å². The molecule has 3 unspecified atom stereocenters. The quantitative estimate of drug-likeness (QED) is 0.198. The van der Waals surface area contributed by atoms with Gasteiger partial charge in [0.25, 0.3) is 0 Å². The molecule has 0 spiro atoms. The minimum atomic E-state index is 0.335. The Morgan fingerprint density at radius 2 is 1.62 bits per heavy atom. The van der Waals surface area contributed by atoms with E-state index in [1.165, 1.54) is 73.4 Å². The van der Waals surface area contributed by atoms with Crippen LogP contribution in [0, 0.1) is 5.92 Å². The Hall–Kier alpha value is -4.76. The number of hydrogen-bond donors (Lipinski definition) is 0. The lowest BCUT2D eigenvalue weighted by molar-refractivity contribution is 0.464. The molecule has 3 heteroatoms. The lowest BCUT2D eigenvalue weighted by atomic mass is 9.83. The van der Waals surface area contributed by atoms with Gasteiger partial charge in [-0.3, -0.25) is 0 Å². The Kier molecular flexibility index (Phi) is 5.61. The minimum absolute atomic E-state index is 0.335. The van der Waals surface area contributed by atoms with Gasteiger partial charge in [0.15, 0.2) is 0 Å². The van der Waals surface area contributed by atoms with Gasteiger partial charge in [0.05, 0.1) is 6.04 Å². The molecule has 0 N–H and O–H groups in total. The normalized spacial score (nSPS) is 23.3. The van der Waals surface area contributed by atoms with Crippen LogP contribution in [0.15, 0.2) is 113 Å². The second-order valence-electron chi connectivity index (χ2n) is 13.4. The molecule has 4 aliphatic carbocycles. The van der Waals surface area contributed by atoms with Gasteiger partial charge in [-0.1, -0.05) is 91.1 Å². The van der Waals surface area contributed by atoms with Crippen LogP contribution in [-0.2, 0) is 6.42 Å². The number of anilines is 1. The Morgan fingerprint density at radius 3 is 2.56 bits per heavy atom. The summed E-state index contributed by atoms with van der Waals surface area (Å²) in [6, 6.07) is 27.5. The molecule has 0 saturated carbocycles. The van der Waals surface area contributed by atoms with Crippen molar-refractivity contribution in [3.63, 3.8) is 0 Å². The summed E-state index contributed by atoms with van der Waals surface area (Å²) in [6.45, 7) is 0. The van der Waals surface area contributed by atoms with Gasteiger partial charge >= 0.3 is 0 Å². The lowest BCUT2D eigenvalue weighted by Gasteiger charge is -2.33. The zero-order valence-electron chi connectivity index (χ0n) is 25.5. The van der Waals surface area contributed by atoms with Gasteiger partial charge in [0.2, 0.25) is 0 Å². The summed E-state index contributed by atoms with van der Waals surface area (Å²) in [7, 11) is 0. The van der Waals surface area contributed by atoms with Gasteiger partial charge in [-0.25, -0.2) is 0 Å². The van der Waals surface area contributed by atoms with Crippen LogP contribution in [0.4, 0.5) is 5.69 Å². The molecule has 5 aliphatic rings. The molecule has 0 fully saturated rings. The Bertz CT molecular complexity index is 2290. The molecule has 3 aromatic carbocycles. The number of nitrogens with zero attached hydrogens (tertiary/aromatic N) is 2. The van der Waals surface area contributed by atoms with Crippen molar-refractivity contribution < 1.29 is 4.42 Å². The maximum atomic E-state index is 6.25.